The molecule has 1 aromatic rings. The monoisotopic (exact) mass is 250 g/mol. The molecule has 0 fully saturated rings. The van der Waals surface area contributed by atoms with Crippen molar-refractivity contribution in [2.75, 3.05) is 32.1 Å². The Kier molecular flexibility index (Phi) is 7.06. The van der Waals surface area contributed by atoms with Gasteiger partial charge in [0.05, 0.1) is 6.61 Å². The predicted octanol–water partition coefficient (Wildman–Crippen LogP) is 1.81. The lowest BCUT2D eigenvalue weighted by atomic mass is 10.1. The van der Waals surface area contributed by atoms with Gasteiger partial charge in [-0.25, -0.2) is 0 Å². The van der Waals surface area contributed by atoms with Gasteiger partial charge < -0.3 is 15.4 Å². The minimum Gasteiger partial charge on any atom is -0.383 e. The van der Waals surface area contributed by atoms with Gasteiger partial charge in [-0.05, 0) is 18.1 Å². The molecule has 0 heterocycles. The molecule has 0 aliphatic rings. The Bertz CT molecular complexity index is 367. The zero-order valence-electron chi connectivity index (χ0n) is 11.2. The summed E-state index contributed by atoms with van der Waals surface area (Å²) >= 11 is 0. The van der Waals surface area contributed by atoms with Gasteiger partial charge in [-0.1, -0.05) is 25.1 Å². The van der Waals surface area contributed by atoms with E-state index in [1.807, 2.05) is 24.3 Å². The van der Waals surface area contributed by atoms with E-state index in [0.717, 1.165) is 24.2 Å². The molecule has 0 radical (unpaired) electrons. The van der Waals surface area contributed by atoms with Gasteiger partial charge in [-0.2, -0.15) is 0 Å². The molecule has 18 heavy (non-hydrogen) atoms. The number of anilines is 1. The number of ether oxygens (including phenoxy) is 1. The summed E-state index contributed by atoms with van der Waals surface area (Å²) in [6.07, 6.45) is 1.39. The fourth-order valence-electron chi connectivity index (χ4n) is 1.66. The summed E-state index contributed by atoms with van der Waals surface area (Å²) in [5, 5.41) is 6.09. The maximum Gasteiger partial charge on any atom is 0.225 e. The van der Waals surface area contributed by atoms with E-state index < -0.39 is 0 Å². The van der Waals surface area contributed by atoms with Gasteiger partial charge >= 0.3 is 0 Å². The molecule has 1 rings (SSSR count). The Morgan fingerprint density at radius 2 is 2.06 bits per heavy atom. The number of hydrogen-bond donors (Lipinski definition) is 2. The average Bonchev–Trinajstić information content (AvgIpc) is 2.39. The quantitative estimate of drug-likeness (QED) is 0.692. The van der Waals surface area contributed by atoms with Crippen molar-refractivity contribution in [3.63, 3.8) is 0 Å². The second-order valence-corrected chi connectivity index (χ2v) is 4.05. The Morgan fingerprint density at radius 3 is 2.78 bits per heavy atom. The van der Waals surface area contributed by atoms with Crippen LogP contribution in [0.2, 0.25) is 0 Å². The summed E-state index contributed by atoms with van der Waals surface area (Å²) in [6, 6.07) is 7.90. The fraction of sp³-hybridized carbons (Fsp3) is 0.500. The largest absolute Gasteiger partial charge is 0.383 e. The first-order valence-electron chi connectivity index (χ1n) is 6.35. The van der Waals surface area contributed by atoms with Gasteiger partial charge in [0.2, 0.25) is 5.91 Å². The number of benzene rings is 1. The van der Waals surface area contributed by atoms with Crippen LogP contribution in [-0.2, 0) is 16.0 Å². The van der Waals surface area contributed by atoms with E-state index in [1.54, 1.807) is 7.11 Å². The molecule has 0 saturated carbocycles. The van der Waals surface area contributed by atoms with Crippen molar-refractivity contribution in [1.82, 2.24) is 5.32 Å². The maximum atomic E-state index is 11.7. The zero-order chi connectivity index (χ0) is 13.2. The minimum absolute atomic E-state index is 0.0424. The third kappa shape index (κ3) is 5.29. The van der Waals surface area contributed by atoms with Gasteiger partial charge in [0, 0.05) is 32.3 Å². The molecule has 0 unspecified atom stereocenters. The topological polar surface area (TPSA) is 50.4 Å². The molecular weight excluding hydrogens is 228 g/mol. The van der Waals surface area contributed by atoms with Crippen LogP contribution in [0.25, 0.3) is 0 Å². The molecule has 0 bridgehead atoms. The van der Waals surface area contributed by atoms with Crippen molar-refractivity contribution in [3.05, 3.63) is 29.8 Å². The van der Waals surface area contributed by atoms with E-state index in [4.69, 9.17) is 4.74 Å². The van der Waals surface area contributed by atoms with Gasteiger partial charge in [0.1, 0.15) is 0 Å². The molecule has 0 atom stereocenters. The molecule has 1 amide bonds. The summed E-state index contributed by atoms with van der Waals surface area (Å²) in [6.45, 7) is 4.19. The molecule has 0 aliphatic heterocycles. The lowest BCUT2D eigenvalue weighted by Gasteiger charge is -2.09. The van der Waals surface area contributed by atoms with Crippen molar-refractivity contribution in [3.8, 4) is 0 Å². The Morgan fingerprint density at radius 1 is 1.28 bits per heavy atom. The van der Waals surface area contributed by atoms with Crippen molar-refractivity contribution in [1.29, 1.82) is 0 Å². The number of nitrogens with one attached hydrogen (secondary N) is 2. The fourth-order valence-corrected chi connectivity index (χ4v) is 1.66. The molecule has 0 saturated heterocycles. The Balaban J connectivity index is 2.31. The van der Waals surface area contributed by atoms with E-state index in [9.17, 15) is 4.79 Å². The van der Waals surface area contributed by atoms with Crippen LogP contribution in [0.1, 0.15) is 18.9 Å². The summed E-state index contributed by atoms with van der Waals surface area (Å²) in [5.41, 5.74) is 2.08. The highest BCUT2D eigenvalue weighted by molar-refractivity contribution is 5.91. The first kappa shape index (κ1) is 14.7. The first-order chi connectivity index (χ1) is 8.77. The van der Waals surface area contributed by atoms with E-state index in [0.29, 0.717) is 19.6 Å². The normalized spacial score (nSPS) is 10.3. The first-order valence-corrected chi connectivity index (χ1v) is 6.35. The van der Waals surface area contributed by atoms with Crippen LogP contribution in [0, 0.1) is 0 Å². The Hall–Kier alpha value is -1.39. The molecule has 0 aliphatic carbocycles. The van der Waals surface area contributed by atoms with E-state index >= 15 is 0 Å². The summed E-state index contributed by atoms with van der Waals surface area (Å²) < 4.78 is 4.91. The second kappa shape index (κ2) is 8.66. The highest BCUT2D eigenvalue weighted by Crippen LogP contribution is 2.15. The van der Waals surface area contributed by atoms with Gasteiger partial charge in [0.15, 0.2) is 0 Å². The van der Waals surface area contributed by atoms with E-state index in [2.05, 4.69) is 17.6 Å². The molecule has 4 heteroatoms. The number of rotatable bonds is 8. The highest BCUT2D eigenvalue weighted by Gasteiger charge is 2.04. The molecule has 1 aromatic carbocycles. The number of carbonyl (C=O) groups is 1. The molecular formula is C14H22N2O2. The SMILES string of the molecule is CCc1ccccc1NC(=O)CCNCCOC. The van der Waals surface area contributed by atoms with Crippen LogP contribution in [0.4, 0.5) is 5.69 Å². The van der Waals surface area contributed by atoms with Gasteiger partial charge in [-0.15, -0.1) is 0 Å². The lowest BCUT2D eigenvalue weighted by molar-refractivity contribution is -0.116. The van der Waals surface area contributed by atoms with Gasteiger partial charge in [0.25, 0.3) is 0 Å². The summed E-state index contributed by atoms with van der Waals surface area (Å²) in [7, 11) is 1.66. The van der Waals surface area contributed by atoms with Crippen LogP contribution in [0.5, 0.6) is 0 Å². The van der Waals surface area contributed by atoms with Crippen LogP contribution >= 0.6 is 0 Å². The second-order valence-electron chi connectivity index (χ2n) is 4.05. The van der Waals surface area contributed by atoms with Crippen molar-refractivity contribution < 1.29 is 9.53 Å². The maximum absolute atomic E-state index is 11.7. The number of hydrogen-bond acceptors (Lipinski definition) is 3. The number of carbonyl (C=O) groups excluding carboxylic acids is 1. The smallest absolute Gasteiger partial charge is 0.225 e. The van der Waals surface area contributed by atoms with Crippen molar-refractivity contribution in [2.24, 2.45) is 0 Å². The summed E-state index contributed by atoms with van der Waals surface area (Å²) in [5.74, 6) is 0.0424. The molecule has 100 valence electrons. The van der Waals surface area contributed by atoms with Crippen LogP contribution < -0.4 is 10.6 Å². The third-order valence-corrected chi connectivity index (χ3v) is 2.68. The molecule has 2 N–H and O–H groups in total. The molecule has 0 aromatic heterocycles. The summed E-state index contributed by atoms with van der Waals surface area (Å²) in [4.78, 5) is 11.7. The molecule has 0 spiro atoms. The number of methoxy groups -OCH3 is 1. The number of aryl methyl sites for hydroxylation is 1. The number of para-hydroxylation sites is 1. The zero-order valence-corrected chi connectivity index (χ0v) is 11.2. The number of amides is 1. The standard InChI is InChI=1S/C14H22N2O2/c1-3-12-6-4-5-7-13(12)16-14(17)8-9-15-10-11-18-2/h4-7,15H,3,8-11H2,1-2H3,(H,16,17). The lowest BCUT2D eigenvalue weighted by Crippen LogP contribution is -2.24. The van der Waals surface area contributed by atoms with Crippen LogP contribution in [0.3, 0.4) is 0 Å². The Labute approximate surface area is 109 Å². The van der Waals surface area contributed by atoms with Crippen molar-refractivity contribution in [2.45, 2.75) is 19.8 Å². The van der Waals surface area contributed by atoms with Gasteiger partial charge in [-0.3, -0.25) is 4.79 Å². The third-order valence-electron chi connectivity index (χ3n) is 2.68. The highest BCUT2D eigenvalue weighted by atomic mass is 16.5. The van der Waals surface area contributed by atoms with Crippen LogP contribution in [0.15, 0.2) is 24.3 Å². The van der Waals surface area contributed by atoms with Crippen molar-refractivity contribution >= 4 is 11.6 Å². The minimum atomic E-state index is 0.0424. The predicted molar refractivity (Wildman–Crippen MR) is 73.8 cm³/mol. The molecule has 4 nitrogen and oxygen atoms in total. The van der Waals surface area contributed by atoms with E-state index in [-0.39, 0.29) is 5.91 Å². The van der Waals surface area contributed by atoms with E-state index in [1.165, 1.54) is 0 Å². The average molecular weight is 250 g/mol. The van der Waals surface area contributed by atoms with Crippen LogP contribution in [-0.4, -0.2) is 32.7 Å².